The second kappa shape index (κ2) is 9.45. The third-order valence-electron chi connectivity index (χ3n) is 4.84. The summed E-state index contributed by atoms with van der Waals surface area (Å²) in [6.07, 6.45) is 2.93. The van der Waals surface area contributed by atoms with Crippen LogP contribution in [0.25, 0.3) is 0 Å². The highest BCUT2D eigenvalue weighted by atomic mass is 16.5. The molecule has 0 aliphatic rings. The molecule has 0 fully saturated rings. The van der Waals surface area contributed by atoms with Crippen LogP contribution in [0.4, 0.5) is 0 Å². The van der Waals surface area contributed by atoms with E-state index >= 15 is 0 Å². The second-order valence-corrected chi connectivity index (χ2v) is 7.04. The lowest BCUT2D eigenvalue weighted by Gasteiger charge is -2.34. The van der Waals surface area contributed by atoms with Crippen LogP contribution in [0.15, 0.2) is 0 Å². The Morgan fingerprint density at radius 3 is 2.00 bits per heavy atom. The maximum Gasteiger partial charge on any atom is 0.312 e. The van der Waals surface area contributed by atoms with E-state index in [0.717, 1.165) is 25.8 Å². The molecule has 0 saturated carbocycles. The molecule has 0 N–H and O–H groups in total. The SMILES string of the molecule is CCCC(C)(C(=O)OCCN(C(C)C)C(C)C)C(C)CC. The van der Waals surface area contributed by atoms with Crippen LogP contribution in [0, 0.1) is 11.3 Å². The maximum absolute atomic E-state index is 12.5. The summed E-state index contributed by atoms with van der Waals surface area (Å²) in [5.74, 6) is 0.336. The molecule has 0 aromatic carbocycles. The van der Waals surface area contributed by atoms with Crippen LogP contribution in [-0.2, 0) is 9.53 Å². The Morgan fingerprint density at radius 1 is 1.10 bits per heavy atom. The summed E-state index contributed by atoms with van der Waals surface area (Å²) in [6, 6.07) is 0.945. The van der Waals surface area contributed by atoms with Crippen LogP contribution in [0.2, 0.25) is 0 Å². The quantitative estimate of drug-likeness (QED) is 0.556. The lowest BCUT2D eigenvalue weighted by Crippen LogP contribution is -2.41. The molecule has 0 bridgehead atoms. The van der Waals surface area contributed by atoms with Crippen LogP contribution in [-0.4, -0.2) is 36.1 Å². The maximum atomic E-state index is 12.5. The summed E-state index contributed by atoms with van der Waals surface area (Å²) < 4.78 is 5.63. The molecule has 0 rings (SSSR count). The van der Waals surface area contributed by atoms with Gasteiger partial charge in [-0.15, -0.1) is 0 Å². The minimum absolute atomic E-state index is 0.0221. The van der Waals surface area contributed by atoms with E-state index in [9.17, 15) is 4.79 Å². The van der Waals surface area contributed by atoms with Gasteiger partial charge in [-0.05, 0) is 47.0 Å². The van der Waals surface area contributed by atoms with Gasteiger partial charge in [0, 0.05) is 18.6 Å². The fourth-order valence-electron chi connectivity index (χ4n) is 3.04. The molecule has 0 aliphatic carbocycles. The molecule has 21 heavy (non-hydrogen) atoms. The van der Waals surface area contributed by atoms with E-state index in [2.05, 4.69) is 60.3 Å². The highest BCUT2D eigenvalue weighted by Gasteiger charge is 2.38. The number of nitrogens with zero attached hydrogens (tertiary/aromatic N) is 1. The second-order valence-electron chi connectivity index (χ2n) is 7.04. The van der Waals surface area contributed by atoms with E-state index in [1.807, 2.05) is 0 Å². The van der Waals surface area contributed by atoms with Crippen molar-refractivity contribution >= 4 is 5.97 Å². The summed E-state index contributed by atoms with van der Waals surface area (Å²) >= 11 is 0. The number of hydrogen-bond donors (Lipinski definition) is 0. The molecule has 0 heterocycles. The molecule has 0 spiro atoms. The molecular weight excluding hydrogens is 262 g/mol. The number of ether oxygens (including phenoxy) is 1. The van der Waals surface area contributed by atoms with Gasteiger partial charge in [-0.2, -0.15) is 0 Å². The number of rotatable bonds is 10. The van der Waals surface area contributed by atoms with E-state index in [4.69, 9.17) is 4.74 Å². The monoisotopic (exact) mass is 299 g/mol. The Hall–Kier alpha value is -0.570. The zero-order valence-electron chi connectivity index (χ0n) is 15.5. The molecule has 2 atom stereocenters. The summed E-state index contributed by atoms with van der Waals surface area (Å²) in [7, 11) is 0. The predicted molar refractivity (Wildman–Crippen MR) is 90.4 cm³/mol. The van der Waals surface area contributed by atoms with Crippen molar-refractivity contribution in [3.8, 4) is 0 Å². The third-order valence-corrected chi connectivity index (χ3v) is 4.84. The topological polar surface area (TPSA) is 29.5 Å². The third kappa shape index (κ3) is 5.98. The van der Waals surface area contributed by atoms with Gasteiger partial charge in [0.1, 0.15) is 6.61 Å². The van der Waals surface area contributed by atoms with Crippen molar-refractivity contribution in [1.82, 2.24) is 4.90 Å². The van der Waals surface area contributed by atoms with Gasteiger partial charge in [-0.1, -0.05) is 33.6 Å². The Morgan fingerprint density at radius 2 is 1.62 bits per heavy atom. The molecule has 3 nitrogen and oxygen atoms in total. The molecular formula is C18H37NO2. The van der Waals surface area contributed by atoms with Gasteiger partial charge in [0.05, 0.1) is 5.41 Å². The van der Waals surface area contributed by atoms with Crippen molar-refractivity contribution < 1.29 is 9.53 Å². The van der Waals surface area contributed by atoms with Crippen molar-refractivity contribution in [2.45, 2.75) is 86.7 Å². The van der Waals surface area contributed by atoms with Gasteiger partial charge >= 0.3 is 5.97 Å². The highest BCUT2D eigenvalue weighted by molar-refractivity contribution is 5.76. The lowest BCUT2D eigenvalue weighted by molar-refractivity contribution is -0.159. The molecule has 3 heteroatoms. The largest absolute Gasteiger partial charge is 0.464 e. The average Bonchev–Trinajstić information content (AvgIpc) is 2.41. The minimum Gasteiger partial charge on any atom is -0.464 e. The first-order valence-corrected chi connectivity index (χ1v) is 8.63. The van der Waals surface area contributed by atoms with E-state index in [1.165, 1.54) is 0 Å². The predicted octanol–water partition coefficient (Wildman–Crippen LogP) is 4.50. The fourth-order valence-corrected chi connectivity index (χ4v) is 3.04. The molecule has 0 amide bonds. The van der Waals surface area contributed by atoms with Gasteiger partial charge in [0.15, 0.2) is 0 Å². The summed E-state index contributed by atoms with van der Waals surface area (Å²) in [6.45, 7) is 18.5. The van der Waals surface area contributed by atoms with Gasteiger partial charge in [-0.25, -0.2) is 0 Å². The zero-order chi connectivity index (χ0) is 16.6. The van der Waals surface area contributed by atoms with Gasteiger partial charge < -0.3 is 4.74 Å². The van der Waals surface area contributed by atoms with Crippen LogP contribution in [0.5, 0.6) is 0 Å². The molecule has 0 saturated heterocycles. The number of carbonyl (C=O) groups is 1. The van der Waals surface area contributed by atoms with Crippen molar-refractivity contribution in [3.05, 3.63) is 0 Å². The van der Waals surface area contributed by atoms with Crippen molar-refractivity contribution in [2.24, 2.45) is 11.3 Å². The Kier molecular flexibility index (Phi) is 9.19. The van der Waals surface area contributed by atoms with Crippen molar-refractivity contribution in [3.63, 3.8) is 0 Å². The standard InChI is InChI=1S/C18H37NO2/c1-9-11-18(8,16(7)10-2)17(20)21-13-12-19(14(3)4)15(5)6/h14-16H,9-13H2,1-8H3. The zero-order valence-corrected chi connectivity index (χ0v) is 15.5. The van der Waals surface area contributed by atoms with E-state index in [-0.39, 0.29) is 11.4 Å². The molecule has 0 radical (unpaired) electrons. The normalized spacial score (nSPS) is 16.3. The molecule has 126 valence electrons. The summed E-state index contributed by atoms with van der Waals surface area (Å²) in [5.41, 5.74) is -0.343. The molecule has 0 aromatic heterocycles. The van der Waals surface area contributed by atoms with Gasteiger partial charge in [-0.3, -0.25) is 9.69 Å². The fraction of sp³-hybridized carbons (Fsp3) is 0.944. The van der Waals surface area contributed by atoms with Crippen molar-refractivity contribution in [2.75, 3.05) is 13.2 Å². The van der Waals surface area contributed by atoms with Crippen LogP contribution in [0.3, 0.4) is 0 Å². The minimum atomic E-state index is -0.343. The Balaban J connectivity index is 4.58. The van der Waals surface area contributed by atoms with Crippen LogP contribution < -0.4 is 0 Å². The smallest absolute Gasteiger partial charge is 0.312 e. The van der Waals surface area contributed by atoms with Crippen LogP contribution >= 0.6 is 0 Å². The number of carbonyl (C=O) groups excluding carboxylic acids is 1. The molecule has 0 aliphatic heterocycles. The highest BCUT2D eigenvalue weighted by Crippen LogP contribution is 2.35. The van der Waals surface area contributed by atoms with Crippen LogP contribution in [0.1, 0.15) is 74.7 Å². The average molecular weight is 299 g/mol. The van der Waals surface area contributed by atoms with E-state index in [0.29, 0.717) is 24.6 Å². The summed E-state index contributed by atoms with van der Waals surface area (Å²) in [5, 5.41) is 0. The lowest BCUT2D eigenvalue weighted by atomic mass is 9.73. The van der Waals surface area contributed by atoms with Gasteiger partial charge in [0.25, 0.3) is 0 Å². The molecule has 2 unspecified atom stereocenters. The first-order chi connectivity index (χ1) is 9.70. The van der Waals surface area contributed by atoms with E-state index < -0.39 is 0 Å². The van der Waals surface area contributed by atoms with Crippen molar-refractivity contribution in [1.29, 1.82) is 0 Å². The molecule has 0 aromatic rings. The first-order valence-electron chi connectivity index (χ1n) is 8.63. The van der Waals surface area contributed by atoms with Gasteiger partial charge in [0.2, 0.25) is 0 Å². The van der Waals surface area contributed by atoms with E-state index in [1.54, 1.807) is 0 Å². The summed E-state index contributed by atoms with van der Waals surface area (Å²) in [4.78, 5) is 14.9. The number of hydrogen-bond acceptors (Lipinski definition) is 3. The Bertz CT molecular complexity index is 294. The number of esters is 1. The Labute approximate surface area is 132 Å². The first kappa shape index (κ1) is 20.4.